The highest BCUT2D eigenvalue weighted by Gasteiger charge is 2.24. The molecule has 0 fully saturated rings. The lowest BCUT2D eigenvalue weighted by atomic mass is 10.0. The third-order valence-electron chi connectivity index (χ3n) is 5.55. The van der Waals surface area contributed by atoms with Crippen LogP contribution in [0.3, 0.4) is 0 Å². The van der Waals surface area contributed by atoms with E-state index in [-0.39, 0.29) is 6.42 Å². The number of carbonyl (C=O) groups excluding carboxylic acids is 2. The third kappa shape index (κ3) is 5.20. The molecule has 0 aliphatic rings. The minimum atomic E-state index is -0.850. The predicted molar refractivity (Wildman–Crippen MR) is 129 cm³/mol. The molecule has 0 aliphatic heterocycles. The lowest BCUT2D eigenvalue weighted by Crippen LogP contribution is -2.43. The first-order valence-electron chi connectivity index (χ1n) is 10.9. The molecule has 2 N–H and O–H groups in total. The maximum Gasteiger partial charge on any atom is 0.328 e. The summed E-state index contributed by atoms with van der Waals surface area (Å²) in [6.07, 6.45) is 2.13. The fourth-order valence-electron chi connectivity index (χ4n) is 3.76. The van der Waals surface area contributed by atoms with Crippen LogP contribution in [0, 0.1) is 0 Å². The van der Waals surface area contributed by atoms with E-state index in [0.29, 0.717) is 23.7 Å². The van der Waals surface area contributed by atoms with Crippen molar-refractivity contribution in [1.82, 2.24) is 10.3 Å². The fraction of sp³-hybridized carbons (Fsp3) is 0.185. The molecule has 0 bridgehead atoms. The summed E-state index contributed by atoms with van der Waals surface area (Å²) in [4.78, 5) is 28.6. The molecule has 4 aromatic rings. The van der Waals surface area contributed by atoms with Crippen molar-refractivity contribution in [1.29, 1.82) is 0 Å². The van der Waals surface area contributed by atoms with E-state index < -0.39 is 17.9 Å². The average molecular weight is 459 g/mol. The molecule has 34 heavy (non-hydrogen) atoms. The maximum absolute atomic E-state index is 13.0. The SMILES string of the molecule is COC(=O)[C@@H](Cc1c[nH]c2ccccc12)NC(=O)c1ccc(OCc2ccccc2)c(OC)c1. The van der Waals surface area contributed by atoms with E-state index in [1.807, 2.05) is 60.8 Å². The highest BCUT2D eigenvalue weighted by atomic mass is 16.5. The molecule has 0 aliphatic carbocycles. The van der Waals surface area contributed by atoms with Crippen LogP contribution < -0.4 is 14.8 Å². The van der Waals surface area contributed by atoms with Crippen molar-refractivity contribution in [2.24, 2.45) is 0 Å². The van der Waals surface area contributed by atoms with Gasteiger partial charge in [-0.1, -0.05) is 48.5 Å². The van der Waals surface area contributed by atoms with Crippen LogP contribution in [0.15, 0.2) is 79.0 Å². The van der Waals surface area contributed by atoms with Gasteiger partial charge in [-0.3, -0.25) is 4.79 Å². The van der Waals surface area contributed by atoms with E-state index in [4.69, 9.17) is 14.2 Å². The second-order valence-corrected chi connectivity index (χ2v) is 7.75. The molecule has 1 atom stereocenters. The number of nitrogens with one attached hydrogen (secondary N) is 2. The van der Waals surface area contributed by atoms with Crippen molar-refractivity contribution < 1.29 is 23.8 Å². The van der Waals surface area contributed by atoms with Crippen LogP contribution in [0.1, 0.15) is 21.5 Å². The fourth-order valence-corrected chi connectivity index (χ4v) is 3.76. The summed E-state index contributed by atoms with van der Waals surface area (Å²) in [6.45, 7) is 0.373. The Hall–Kier alpha value is -4.26. The van der Waals surface area contributed by atoms with E-state index in [1.54, 1.807) is 18.2 Å². The Balaban J connectivity index is 1.49. The number of amides is 1. The summed E-state index contributed by atoms with van der Waals surface area (Å²) in [5.74, 6) is 0.0117. The number of ether oxygens (including phenoxy) is 3. The molecule has 0 saturated heterocycles. The normalized spacial score (nSPS) is 11.6. The van der Waals surface area contributed by atoms with Gasteiger partial charge in [-0.25, -0.2) is 4.79 Å². The van der Waals surface area contributed by atoms with Crippen molar-refractivity contribution in [3.8, 4) is 11.5 Å². The lowest BCUT2D eigenvalue weighted by Gasteiger charge is -2.17. The van der Waals surface area contributed by atoms with Gasteiger partial charge in [0, 0.05) is 29.1 Å². The van der Waals surface area contributed by atoms with Crippen molar-refractivity contribution in [3.63, 3.8) is 0 Å². The standard InChI is InChI=1S/C27H26N2O5/c1-32-25-15-19(12-13-24(25)34-17-18-8-4-3-5-9-18)26(30)29-23(27(31)33-2)14-20-16-28-22-11-7-6-10-21(20)22/h3-13,15-16,23,28H,14,17H2,1-2H3,(H,29,30)/t23-/m1/s1. The number of aromatic nitrogens is 1. The molecule has 0 spiro atoms. The van der Waals surface area contributed by atoms with Gasteiger partial charge < -0.3 is 24.5 Å². The van der Waals surface area contributed by atoms with Crippen LogP contribution in [0.4, 0.5) is 0 Å². The van der Waals surface area contributed by atoms with Crippen LogP contribution in [-0.2, 0) is 22.6 Å². The molecule has 0 unspecified atom stereocenters. The summed E-state index contributed by atoms with van der Waals surface area (Å²) in [7, 11) is 2.82. The Labute approximate surface area is 197 Å². The van der Waals surface area contributed by atoms with Crippen LogP contribution >= 0.6 is 0 Å². The van der Waals surface area contributed by atoms with Crippen molar-refractivity contribution >= 4 is 22.8 Å². The number of benzene rings is 3. The summed E-state index contributed by atoms with van der Waals surface area (Å²) in [5.41, 5.74) is 3.23. The minimum absolute atomic E-state index is 0.290. The molecular weight excluding hydrogens is 432 g/mol. The quantitative estimate of drug-likeness (QED) is 0.366. The molecular formula is C27H26N2O5. The Morgan fingerprint density at radius 2 is 1.71 bits per heavy atom. The number of carbonyl (C=O) groups is 2. The summed E-state index contributed by atoms with van der Waals surface area (Å²) in [5, 5.41) is 3.78. The largest absolute Gasteiger partial charge is 0.493 e. The second kappa shape index (κ2) is 10.6. The average Bonchev–Trinajstić information content (AvgIpc) is 3.29. The first-order valence-corrected chi connectivity index (χ1v) is 10.9. The van der Waals surface area contributed by atoms with E-state index >= 15 is 0 Å². The van der Waals surface area contributed by atoms with E-state index in [2.05, 4.69) is 10.3 Å². The first kappa shape index (κ1) is 22.9. The second-order valence-electron chi connectivity index (χ2n) is 7.75. The number of rotatable bonds is 9. The van der Waals surface area contributed by atoms with Crippen LogP contribution in [0.2, 0.25) is 0 Å². The van der Waals surface area contributed by atoms with Gasteiger partial charge >= 0.3 is 5.97 Å². The molecule has 1 aromatic heterocycles. The molecule has 1 amide bonds. The van der Waals surface area contributed by atoms with Crippen molar-refractivity contribution in [2.45, 2.75) is 19.1 Å². The highest BCUT2D eigenvalue weighted by molar-refractivity contribution is 5.97. The van der Waals surface area contributed by atoms with Gasteiger partial charge in [-0.05, 0) is 35.4 Å². The Morgan fingerprint density at radius 3 is 2.47 bits per heavy atom. The topological polar surface area (TPSA) is 89.7 Å². The molecule has 7 nitrogen and oxygen atoms in total. The number of H-pyrrole nitrogens is 1. The molecule has 0 radical (unpaired) electrons. The van der Waals surface area contributed by atoms with Crippen molar-refractivity contribution in [3.05, 3.63) is 95.7 Å². The first-order chi connectivity index (χ1) is 16.6. The monoisotopic (exact) mass is 458 g/mol. The Bertz CT molecular complexity index is 1280. The number of hydrogen-bond acceptors (Lipinski definition) is 5. The van der Waals surface area contributed by atoms with E-state index in [0.717, 1.165) is 22.0 Å². The van der Waals surface area contributed by atoms with E-state index in [9.17, 15) is 9.59 Å². The number of methoxy groups -OCH3 is 2. The van der Waals surface area contributed by atoms with Gasteiger partial charge in [0.15, 0.2) is 11.5 Å². The molecule has 3 aromatic carbocycles. The van der Waals surface area contributed by atoms with Crippen molar-refractivity contribution in [2.75, 3.05) is 14.2 Å². The van der Waals surface area contributed by atoms with Gasteiger partial charge in [0.2, 0.25) is 0 Å². The lowest BCUT2D eigenvalue weighted by molar-refractivity contribution is -0.142. The number of esters is 1. The minimum Gasteiger partial charge on any atom is -0.493 e. The smallest absolute Gasteiger partial charge is 0.328 e. The predicted octanol–water partition coefficient (Wildman–Crippen LogP) is 4.27. The van der Waals surface area contributed by atoms with Crippen LogP contribution in [0.25, 0.3) is 10.9 Å². The molecule has 1 heterocycles. The number of aromatic amines is 1. The summed E-state index contributed by atoms with van der Waals surface area (Å²) >= 11 is 0. The van der Waals surface area contributed by atoms with Crippen LogP contribution in [0.5, 0.6) is 11.5 Å². The molecule has 0 saturated carbocycles. The van der Waals surface area contributed by atoms with Gasteiger partial charge in [0.1, 0.15) is 12.6 Å². The van der Waals surface area contributed by atoms with Gasteiger partial charge in [0.05, 0.1) is 14.2 Å². The maximum atomic E-state index is 13.0. The number of hydrogen-bond donors (Lipinski definition) is 2. The third-order valence-corrected chi connectivity index (χ3v) is 5.55. The van der Waals surface area contributed by atoms with Gasteiger partial charge in [-0.2, -0.15) is 0 Å². The zero-order chi connectivity index (χ0) is 23.9. The Morgan fingerprint density at radius 1 is 0.941 bits per heavy atom. The summed E-state index contributed by atoms with van der Waals surface area (Å²) < 4.78 is 16.2. The highest BCUT2D eigenvalue weighted by Crippen LogP contribution is 2.29. The van der Waals surface area contributed by atoms with Crippen LogP contribution in [-0.4, -0.2) is 37.1 Å². The van der Waals surface area contributed by atoms with E-state index in [1.165, 1.54) is 14.2 Å². The zero-order valence-corrected chi connectivity index (χ0v) is 19.0. The summed E-state index contributed by atoms with van der Waals surface area (Å²) in [6, 6.07) is 21.6. The number of para-hydroxylation sites is 1. The zero-order valence-electron chi connectivity index (χ0n) is 19.0. The van der Waals surface area contributed by atoms with Gasteiger partial charge in [0.25, 0.3) is 5.91 Å². The molecule has 7 heteroatoms. The molecule has 174 valence electrons. The number of fused-ring (bicyclic) bond motifs is 1. The molecule has 4 rings (SSSR count). The van der Waals surface area contributed by atoms with Gasteiger partial charge in [-0.15, -0.1) is 0 Å². The Kier molecular flexibility index (Phi) is 7.13.